The Bertz CT molecular complexity index is 1340. The molecule has 0 spiro atoms. The van der Waals surface area contributed by atoms with Crippen molar-refractivity contribution in [3.8, 4) is 0 Å². The predicted molar refractivity (Wildman–Crippen MR) is 323 cm³/mol. The van der Waals surface area contributed by atoms with Crippen LogP contribution < -0.4 is 5.32 Å². The van der Waals surface area contributed by atoms with Crippen molar-refractivity contribution < 1.29 is 32.9 Å². The third-order valence-corrected chi connectivity index (χ3v) is 15.5. The summed E-state index contributed by atoms with van der Waals surface area (Å²) in [5.74, 6) is -0.182. The Morgan fingerprint density at radius 1 is 0.459 bits per heavy atom. The van der Waals surface area contributed by atoms with E-state index < -0.39 is 20.0 Å². The van der Waals surface area contributed by atoms with Gasteiger partial charge in [0.25, 0.3) is 0 Å². The highest BCUT2D eigenvalue weighted by molar-refractivity contribution is 7.47. The van der Waals surface area contributed by atoms with Gasteiger partial charge < -0.3 is 19.8 Å². The number of phosphoric acid groups is 1. The maximum absolute atomic E-state index is 13.0. The third kappa shape index (κ3) is 58.1. The standard InChI is InChI=1S/C65H125N2O6P/c1-6-8-10-12-14-16-18-20-22-24-26-28-29-30-31-32-33-34-35-36-37-39-41-43-45-47-49-51-53-55-57-59-65(69)66-63(62-73-74(70,71)72-61-60-67(3,4)5)64(68)58-56-54-52-50-48-46-44-42-40-38-27-25-23-21-19-17-15-13-11-9-7-2/h18,20,24,26,48,50,56,58,63-64,68H,6-17,19,21-23,25,27-47,49,51-55,57,59-62H2,1-5H3,(H-,66,69,70,71)/p+1/b20-18-,26-24-,50-48+,58-56+. The first kappa shape index (κ1) is 72.5. The Hall–Kier alpha value is -1.54. The molecule has 3 N–H and O–H groups in total. The maximum atomic E-state index is 13.0. The molecule has 0 aromatic rings. The average molecular weight is 1060 g/mol. The molecular formula is C65H126N2O6P+. The summed E-state index contributed by atoms with van der Waals surface area (Å²) in [6.07, 6.45) is 75.2. The zero-order valence-electron chi connectivity index (χ0n) is 49.8. The van der Waals surface area contributed by atoms with E-state index in [1.165, 1.54) is 244 Å². The molecule has 3 atom stereocenters. The van der Waals surface area contributed by atoms with Crippen molar-refractivity contribution in [3.05, 3.63) is 48.6 Å². The van der Waals surface area contributed by atoms with E-state index in [-0.39, 0.29) is 19.1 Å². The van der Waals surface area contributed by atoms with Crippen molar-refractivity contribution in [1.82, 2.24) is 5.32 Å². The fraction of sp³-hybridized carbons (Fsp3) is 0.862. The lowest BCUT2D eigenvalue weighted by Crippen LogP contribution is -2.45. The highest BCUT2D eigenvalue weighted by Crippen LogP contribution is 2.43. The van der Waals surface area contributed by atoms with Gasteiger partial charge in [-0.3, -0.25) is 13.8 Å². The fourth-order valence-electron chi connectivity index (χ4n) is 9.50. The Morgan fingerprint density at radius 3 is 1.16 bits per heavy atom. The molecule has 0 heterocycles. The summed E-state index contributed by atoms with van der Waals surface area (Å²) in [6.45, 7) is 4.82. The van der Waals surface area contributed by atoms with Crippen molar-refractivity contribution in [1.29, 1.82) is 0 Å². The number of hydrogen-bond donors (Lipinski definition) is 3. The molecular weight excluding hydrogens is 936 g/mol. The molecule has 0 aliphatic carbocycles. The second kappa shape index (κ2) is 56.2. The zero-order chi connectivity index (χ0) is 54.2. The number of amides is 1. The quantitative estimate of drug-likeness (QED) is 0.0243. The molecule has 8 nitrogen and oxygen atoms in total. The number of aliphatic hydroxyl groups excluding tert-OH is 1. The van der Waals surface area contributed by atoms with Gasteiger partial charge in [0.15, 0.2) is 0 Å². The summed E-state index contributed by atoms with van der Waals surface area (Å²) in [6, 6.07) is -0.864. The first-order chi connectivity index (χ1) is 36.0. The Morgan fingerprint density at radius 2 is 0.784 bits per heavy atom. The largest absolute Gasteiger partial charge is 0.472 e. The molecule has 0 aliphatic rings. The van der Waals surface area contributed by atoms with E-state index in [1.807, 2.05) is 27.2 Å². The van der Waals surface area contributed by atoms with E-state index in [2.05, 4.69) is 55.6 Å². The summed E-state index contributed by atoms with van der Waals surface area (Å²) in [7, 11) is 1.56. The number of allylic oxidation sites excluding steroid dienone is 7. The molecule has 9 heteroatoms. The second-order valence-electron chi connectivity index (χ2n) is 23.1. The molecule has 0 fully saturated rings. The van der Waals surface area contributed by atoms with Crippen LogP contribution in [-0.2, 0) is 18.4 Å². The third-order valence-electron chi connectivity index (χ3n) is 14.5. The molecule has 0 bridgehead atoms. The van der Waals surface area contributed by atoms with Gasteiger partial charge in [-0.25, -0.2) is 4.57 Å². The summed E-state index contributed by atoms with van der Waals surface area (Å²) in [5.41, 5.74) is 0. The SMILES string of the molecule is CCCCCCC/C=C\C/C=C\CCCCCCCCCCCCCCCCCCCCCC(=O)NC(COP(=O)(O)OCC[N+](C)(C)C)C(O)/C=C/CC/C=C/CCCCCCCCCCCCCCCCC. The van der Waals surface area contributed by atoms with Crippen molar-refractivity contribution in [2.24, 2.45) is 0 Å². The van der Waals surface area contributed by atoms with E-state index in [4.69, 9.17) is 9.05 Å². The first-order valence-corrected chi connectivity index (χ1v) is 33.5. The summed E-state index contributed by atoms with van der Waals surface area (Å²) in [4.78, 5) is 23.4. The fourth-order valence-corrected chi connectivity index (χ4v) is 10.2. The summed E-state index contributed by atoms with van der Waals surface area (Å²) >= 11 is 0. The number of carbonyl (C=O) groups excluding carboxylic acids is 1. The molecule has 0 saturated carbocycles. The molecule has 0 aromatic heterocycles. The Labute approximate surface area is 460 Å². The van der Waals surface area contributed by atoms with Crippen molar-refractivity contribution >= 4 is 13.7 Å². The first-order valence-electron chi connectivity index (χ1n) is 32.0. The molecule has 1 amide bonds. The molecule has 0 aromatic carbocycles. The maximum Gasteiger partial charge on any atom is 0.472 e. The summed E-state index contributed by atoms with van der Waals surface area (Å²) < 4.78 is 23.7. The van der Waals surface area contributed by atoms with Crippen molar-refractivity contribution in [2.75, 3.05) is 40.9 Å². The van der Waals surface area contributed by atoms with E-state index in [0.29, 0.717) is 17.4 Å². The van der Waals surface area contributed by atoms with Crippen LogP contribution in [0.15, 0.2) is 48.6 Å². The lowest BCUT2D eigenvalue weighted by molar-refractivity contribution is -0.870. The summed E-state index contributed by atoms with van der Waals surface area (Å²) in [5, 5.41) is 14.0. The molecule has 0 rings (SSSR count). The molecule has 74 heavy (non-hydrogen) atoms. The number of carbonyl (C=O) groups is 1. The van der Waals surface area contributed by atoms with Gasteiger partial charge in [0.2, 0.25) is 5.91 Å². The number of phosphoric ester groups is 1. The van der Waals surface area contributed by atoms with Gasteiger partial charge in [-0.05, 0) is 64.2 Å². The Balaban J connectivity index is 4.11. The Kier molecular flexibility index (Phi) is 55.0. The molecule has 436 valence electrons. The van der Waals surface area contributed by atoms with Gasteiger partial charge in [-0.2, -0.15) is 0 Å². The number of rotatable bonds is 59. The van der Waals surface area contributed by atoms with Gasteiger partial charge in [0, 0.05) is 6.42 Å². The number of unbranched alkanes of at least 4 members (excludes halogenated alkanes) is 40. The average Bonchev–Trinajstić information content (AvgIpc) is 3.36. The van der Waals surface area contributed by atoms with E-state index >= 15 is 0 Å². The number of nitrogens with zero attached hydrogens (tertiary/aromatic N) is 1. The number of hydrogen-bond acceptors (Lipinski definition) is 5. The smallest absolute Gasteiger partial charge is 0.387 e. The van der Waals surface area contributed by atoms with Crippen LogP contribution in [0.4, 0.5) is 0 Å². The van der Waals surface area contributed by atoms with Gasteiger partial charge in [0.05, 0.1) is 39.9 Å². The normalized spacial score (nSPS) is 14.1. The van der Waals surface area contributed by atoms with Crippen LogP contribution in [0.25, 0.3) is 0 Å². The van der Waals surface area contributed by atoms with Crippen molar-refractivity contribution in [3.63, 3.8) is 0 Å². The molecule has 0 aliphatic heterocycles. The number of nitrogens with one attached hydrogen (secondary N) is 1. The minimum atomic E-state index is -4.36. The lowest BCUT2D eigenvalue weighted by Gasteiger charge is -2.25. The van der Waals surface area contributed by atoms with Gasteiger partial charge in [-0.1, -0.05) is 287 Å². The highest BCUT2D eigenvalue weighted by atomic mass is 31.2. The van der Waals surface area contributed by atoms with Gasteiger partial charge in [-0.15, -0.1) is 0 Å². The lowest BCUT2D eigenvalue weighted by atomic mass is 10.0. The van der Waals surface area contributed by atoms with Crippen LogP contribution >= 0.6 is 7.82 Å². The van der Waals surface area contributed by atoms with Crippen LogP contribution in [0.1, 0.15) is 309 Å². The molecule has 0 saturated heterocycles. The highest BCUT2D eigenvalue weighted by Gasteiger charge is 2.27. The minimum Gasteiger partial charge on any atom is -0.387 e. The number of likely N-dealkylation sites (N-methyl/N-ethyl adjacent to an activating group) is 1. The zero-order valence-corrected chi connectivity index (χ0v) is 50.7. The number of aliphatic hydroxyl groups is 1. The van der Waals surface area contributed by atoms with Crippen molar-refractivity contribution in [2.45, 2.75) is 321 Å². The molecule has 0 radical (unpaired) electrons. The van der Waals surface area contributed by atoms with E-state index in [0.717, 1.165) is 44.9 Å². The number of quaternary nitrogens is 1. The van der Waals surface area contributed by atoms with Crippen LogP contribution in [0.3, 0.4) is 0 Å². The topological polar surface area (TPSA) is 105 Å². The van der Waals surface area contributed by atoms with E-state index in [1.54, 1.807) is 6.08 Å². The van der Waals surface area contributed by atoms with E-state index in [9.17, 15) is 19.4 Å². The van der Waals surface area contributed by atoms with Gasteiger partial charge in [0.1, 0.15) is 13.2 Å². The van der Waals surface area contributed by atoms with Crippen LogP contribution in [0, 0.1) is 0 Å². The van der Waals surface area contributed by atoms with Crippen LogP contribution in [-0.4, -0.2) is 73.4 Å². The monoisotopic (exact) mass is 1060 g/mol. The second-order valence-corrected chi connectivity index (χ2v) is 24.6. The van der Waals surface area contributed by atoms with Crippen LogP contribution in [0.2, 0.25) is 0 Å². The van der Waals surface area contributed by atoms with Crippen LogP contribution in [0.5, 0.6) is 0 Å². The van der Waals surface area contributed by atoms with Gasteiger partial charge >= 0.3 is 7.82 Å². The minimum absolute atomic E-state index is 0.0570. The predicted octanol–water partition coefficient (Wildman–Crippen LogP) is 19.9. The molecule has 3 unspecified atom stereocenters.